The van der Waals surface area contributed by atoms with Gasteiger partial charge in [0.2, 0.25) is 0 Å². The van der Waals surface area contributed by atoms with Crippen molar-refractivity contribution in [3.05, 3.63) is 23.8 Å². The Morgan fingerprint density at radius 1 is 1.10 bits per heavy atom. The van der Waals surface area contributed by atoms with Gasteiger partial charge in [-0.15, -0.1) is 0 Å². The molecule has 3 fully saturated rings. The van der Waals surface area contributed by atoms with Gasteiger partial charge in [0.05, 0.1) is 24.2 Å². The lowest BCUT2D eigenvalue weighted by Gasteiger charge is -2.65. The molecule has 0 radical (unpaired) electrons. The van der Waals surface area contributed by atoms with E-state index in [-0.39, 0.29) is 37.1 Å². The SMILES string of the molecule is CC(=O)OC(C)(C)/C=C/C(=O)C(C)(O)[C@H]1[C@H](O)C[C@@]2(C)[C@@H]3CC=C4[C@@H](CC[C@H](O)C4(C)C)[C@]3(CO)C(=O)C[C@]12C. The lowest BCUT2D eigenvalue weighted by atomic mass is 9.38. The van der Waals surface area contributed by atoms with E-state index in [1.807, 2.05) is 27.7 Å². The summed E-state index contributed by atoms with van der Waals surface area (Å²) in [5.41, 5.74) is -5.21. The van der Waals surface area contributed by atoms with Crippen LogP contribution >= 0.6 is 0 Å². The van der Waals surface area contributed by atoms with E-state index in [9.17, 15) is 34.8 Å². The third-order valence-corrected chi connectivity index (χ3v) is 11.7. The van der Waals surface area contributed by atoms with E-state index in [4.69, 9.17) is 4.74 Å². The highest BCUT2D eigenvalue weighted by atomic mass is 16.6. The maximum absolute atomic E-state index is 14.4. The largest absolute Gasteiger partial charge is 0.456 e. The van der Waals surface area contributed by atoms with E-state index < -0.39 is 62.7 Å². The van der Waals surface area contributed by atoms with Gasteiger partial charge in [0.15, 0.2) is 5.78 Å². The summed E-state index contributed by atoms with van der Waals surface area (Å²) < 4.78 is 5.23. The van der Waals surface area contributed by atoms with Crippen molar-refractivity contribution in [2.45, 2.75) is 111 Å². The number of esters is 1. The summed E-state index contributed by atoms with van der Waals surface area (Å²) in [6, 6.07) is 0. The van der Waals surface area contributed by atoms with Gasteiger partial charge in [-0.2, -0.15) is 0 Å². The van der Waals surface area contributed by atoms with Crippen LogP contribution in [0.1, 0.15) is 87.5 Å². The fraction of sp³-hybridized carbons (Fsp3) is 0.781. The highest BCUT2D eigenvalue weighted by Gasteiger charge is 2.75. The monoisotopic (exact) mass is 560 g/mol. The van der Waals surface area contributed by atoms with Crippen molar-refractivity contribution in [1.29, 1.82) is 0 Å². The number of allylic oxidation sites excluding steroid dienone is 1. The molecule has 0 bridgehead atoms. The van der Waals surface area contributed by atoms with E-state index in [0.29, 0.717) is 19.3 Å². The Kier molecular flexibility index (Phi) is 7.44. The Morgan fingerprint density at radius 3 is 2.30 bits per heavy atom. The topological polar surface area (TPSA) is 141 Å². The second kappa shape index (κ2) is 9.58. The quantitative estimate of drug-likeness (QED) is 0.220. The Hall–Kier alpha value is -1.87. The molecule has 4 aliphatic carbocycles. The van der Waals surface area contributed by atoms with E-state index in [1.54, 1.807) is 13.8 Å². The molecule has 8 heteroatoms. The van der Waals surface area contributed by atoms with Crippen LogP contribution in [0.5, 0.6) is 0 Å². The summed E-state index contributed by atoms with van der Waals surface area (Å²) in [6.07, 6.45) is 5.10. The molecule has 1 unspecified atom stereocenters. The van der Waals surface area contributed by atoms with E-state index in [0.717, 1.165) is 5.57 Å². The number of carbonyl (C=O) groups is 3. The normalized spacial score (nSPS) is 42.4. The first-order valence-corrected chi connectivity index (χ1v) is 14.6. The first kappa shape index (κ1) is 31.1. The maximum atomic E-state index is 14.4. The lowest BCUT2D eigenvalue weighted by Crippen LogP contribution is -2.66. The second-order valence-corrected chi connectivity index (χ2v) is 14.7. The van der Waals surface area contributed by atoms with Crippen molar-refractivity contribution >= 4 is 17.5 Å². The number of aliphatic hydroxyl groups excluding tert-OH is 3. The van der Waals surface area contributed by atoms with Crippen LogP contribution in [0.3, 0.4) is 0 Å². The number of fused-ring (bicyclic) bond motifs is 5. The zero-order chi connectivity index (χ0) is 30.3. The van der Waals surface area contributed by atoms with Crippen LogP contribution in [0.4, 0.5) is 0 Å². The van der Waals surface area contributed by atoms with E-state index in [2.05, 4.69) is 6.08 Å². The van der Waals surface area contributed by atoms with Crippen molar-refractivity contribution in [3.63, 3.8) is 0 Å². The molecule has 0 heterocycles. The molecular formula is C32H48O8. The summed E-state index contributed by atoms with van der Waals surface area (Å²) in [7, 11) is 0. The van der Waals surface area contributed by atoms with Crippen LogP contribution in [0.25, 0.3) is 0 Å². The average Bonchev–Trinajstić information content (AvgIpc) is 3.03. The molecule has 40 heavy (non-hydrogen) atoms. The van der Waals surface area contributed by atoms with Gasteiger partial charge in [-0.25, -0.2) is 0 Å². The Labute approximate surface area is 237 Å². The molecule has 0 amide bonds. The minimum absolute atomic E-state index is 0.0150. The van der Waals surface area contributed by atoms with Gasteiger partial charge in [-0.1, -0.05) is 39.3 Å². The van der Waals surface area contributed by atoms with Gasteiger partial charge in [0.25, 0.3) is 0 Å². The number of hydrogen-bond acceptors (Lipinski definition) is 8. The highest BCUT2D eigenvalue weighted by Crippen LogP contribution is 2.74. The van der Waals surface area contributed by atoms with Gasteiger partial charge in [-0.05, 0) is 81.3 Å². The maximum Gasteiger partial charge on any atom is 0.303 e. The van der Waals surface area contributed by atoms with Gasteiger partial charge in [0.1, 0.15) is 17.0 Å². The highest BCUT2D eigenvalue weighted by molar-refractivity contribution is 5.97. The number of ether oxygens (including phenoxy) is 1. The van der Waals surface area contributed by atoms with Crippen LogP contribution in [-0.2, 0) is 19.1 Å². The zero-order valence-corrected chi connectivity index (χ0v) is 25.3. The molecule has 0 aliphatic heterocycles. The average molecular weight is 561 g/mol. The van der Waals surface area contributed by atoms with Gasteiger partial charge in [-0.3, -0.25) is 14.4 Å². The number of Topliss-reactive ketones (excluding diaryl/α,β-unsaturated/α-hetero) is 1. The van der Waals surface area contributed by atoms with E-state index >= 15 is 0 Å². The number of hydrogen-bond donors (Lipinski definition) is 4. The van der Waals surface area contributed by atoms with Crippen molar-refractivity contribution in [2.24, 2.45) is 39.4 Å². The molecule has 9 atom stereocenters. The molecule has 4 N–H and O–H groups in total. The summed E-state index contributed by atoms with van der Waals surface area (Å²) >= 11 is 0. The fourth-order valence-corrected chi connectivity index (χ4v) is 9.56. The van der Waals surface area contributed by atoms with Crippen LogP contribution in [-0.4, -0.2) is 68.0 Å². The smallest absolute Gasteiger partial charge is 0.303 e. The van der Waals surface area contributed by atoms with Crippen LogP contribution < -0.4 is 0 Å². The van der Waals surface area contributed by atoms with Crippen molar-refractivity contribution in [3.8, 4) is 0 Å². The second-order valence-electron chi connectivity index (χ2n) is 14.7. The fourth-order valence-electron chi connectivity index (χ4n) is 9.56. The number of ketones is 2. The third kappa shape index (κ3) is 4.19. The third-order valence-electron chi connectivity index (χ3n) is 11.7. The van der Waals surface area contributed by atoms with Gasteiger partial charge < -0.3 is 25.2 Å². The molecule has 3 saturated carbocycles. The molecule has 4 rings (SSSR count). The number of rotatable bonds is 6. The minimum Gasteiger partial charge on any atom is -0.456 e. The van der Waals surface area contributed by atoms with Gasteiger partial charge >= 0.3 is 5.97 Å². The first-order chi connectivity index (χ1) is 18.2. The van der Waals surface area contributed by atoms with Crippen molar-refractivity contribution < 1.29 is 39.5 Å². The van der Waals surface area contributed by atoms with E-state index in [1.165, 1.54) is 26.0 Å². The Morgan fingerprint density at radius 2 is 1.73 bits per heavy atom. The predicted molar refractivity (Wildman–Crippen MR) is 149 cm³/mol. The first-order valence-electron chi connectivity index (χ1n) is 14.6. The molecule has 0 saturated heterocycles. The molecule has 4 aliphatic rings. The molecular weight excluding hydrogens is 512 g/mol. The van der Waals surface area contributed by atoms with Gasteiger partial charge in [0, 0.05) is 24.7 Å². The molecule has 0 aromatic rings. The summed E-state index contributed by atoms with van der Waals surface area (Å²) in [4.78, 5) is 39.3. The summed E-state index contributed by atoms with van der Waals surface area (Å²) in [5.74, 6) is -2.70. The molecule has 0 spiro atoms. The molecule has 8 nitrogen and oxygen atoms in total. The Bertz CT molecular complexity index is 1150. The molecule has 0 aromatic heterocycles. The lowest BCUT2D eigenvalue weighted by molar-refractivity contribution is -0.191. The minimum atomic E-state index is -2.00. The zero-order valence-electron chi connectivity index (χ0n) is 25.3. The van der Waals surface area contributed by atoms with Crippen molar-refractivity contribution in [2.75, 3.05) is 6.61 Å². The standard InChI is InChI=1S/C32H48O8/c1-18(34)40-27(2,3)14-13-24(37)31(8,39)26-21(35)15-29(6)22-11-9-19-20(10-12-23(36)28(19,4)5)32(22,17-33)25(38)16-30(26,29)7/h9,13-14,20-23,26,33,35-36,39H,10-12,15-17H2,1-8H3/b14-13+/t20-,21-,22+,23+,26+,29+,30-,31?,32+/m1/s1. The van der Waals surface area contributed by atoms with Crippen molar-refractivity contribution in [1.82, 2.24) is 0 Å². The predicted octanol–water partition coefficient (Wildman–Crippen LogP) is 3.29. The summed E-state index contributed by atoms with van der Waals surface area (Å²) in [5, 5.41) is 45.1. The summed E-state index contributed by atoms with van der Waals surface area (Å²) in [6.45, 7) is 13.5. The van der Waals surface area contributed by atoms with Crippen LogP contribution in [0, 0.1) is 39.4 Å². The number of aliphatic hydroxyl groups is 4. The Balaban J connectivity index is 1.76. The number of carbonyl (C=O) groups excluding carboxylic acids is 3. The molecule has 0 aromatic carbocycles. The molecule has 224 valence electrons. The van der Waals surface area contributed by atoms with Crippen LogP contribution in [0.2, 0.25) is 0 Å². The van der Waals surface area contributed by atoms with Crippen LogP contribution in [0.15, 0.2) is 23.8 Å².